The summed E-state index contributed by atoms with van der Waals surface area (Å²) < 4.78 is 10.7. The Balaban J connectivity index is 2.12. The Morgan fingerprint density at radius 2 is 2.14 bits per heavy atom. The van der Waals surface area contributed by atoms with E-state index in [-0.39, 0.29) is 6.10 Å². The zero-order chi connectivity index (χ0) is 15.9. The summed E-state index contributed by atoms with van der Waals surface area (Å²) in [4.78, 5) is 2.36. The van der Waals surface area contributed by atoms with Gasteiger partial charge in [-0.05, 0) is 31.2 Å². The fraction of sp³-hybridized carbons (Fsp3) is 0.611. The molecule has 2 rings (SSSR count). The van der Waals surface area contributed by atoms with Gasteiger partial charge in [-0.2, -0.15) is 0 Å². The second kappa shape index (κ2) is 8.30. The Kier molecular flexibility index (Phi) is 6.40. The number of para-hydroxylation sites is 1. The summed E-state index contributed by atoms with van der Waals surface area (Å²) in [6.45, 7) is 6.57. The number of ether oxygens (including phenoxy) is 2. The van der Waals surface area contributed by atoms with E-state index in [2.05, 4.69) is 36.9 Å². The topological polar surface area (TPSA) is 45.6 Å². The third-order valence-electron chi connectivity index (χ3n) is 3.98. The van der Waals surface area contributed by atoms with Crippen LogP contribution in [0, 0.1) is 11.3 Å². The summed E-state index contributed by atoms with van der Waals surface area (Å²) in [6, 6.07) is 8.28. The van der Waals surface area contributed by atoms with Crippen LogP contribution >= 0.6 is 0 Å². The standard InChI is InChI=1S/C18H28N2O2/c1-14(2)11-17(19)16-8-4-5-9-18(16)20-10-6-7-15(12-20)22-13-21-3/h4-5,8-9,14-15,19H,6-7,10-13H2,1-3H3. The van der Waals surface area contributed by atoms with Gasteiger partial charge in [-0.15, -0.1) is 0 Å². The summed E-state index contributed by atoms with van der Waals surface area (Å²) in [5.74, 6) is 0.500. The van der Waals surface area contributed by atoms with Crippen LogP contribution in [-0.4, -0.2) is 38.8 Å². The van der Waals surface area contributed by atoms with Gasteiger partial charge in [-0.3, -0.25) is 0 Å². The van der Waals surface area contributed by atoms with Crippen LogP contribution in [-0.2, 0) is 9.47 Å². The number of hydrogen-bond donors (Lipinski definition) is 1. The first-order valence-corrected chi connectivity index (χ1v) is 8.14. The van der Waals surface area contributed by atoms with Crippen molar-refractivity contribution in [2.24, 2.45) is 5.92 Å². The first-order valence-electron chi connectivity index (χ1n) is 8.14. The molecular weight excluding hydrogens is 276 g/mol. The molecule has 0 spiro atoms. The molecule has 0 radical (unpaired) electrons. The quantitative estimate of drug-likeness (QED) is 0.617. The molecule has 1 aromatic carbocycles. The van der Waals surface area contributed by atoms with E-state index in [9.17, 15) is 0 Å². The van der Waals surface area contributed by atoms with E-state index in [1.165, 1.54) is 5.69 Å². The number of anilines is 1. The largest absolute Gasteiger partial charge is 0.368 e. The Labute approximate surface area is 133 Å². The molecule has 0 bridgehead atoms. The molecule has 1 aliphatic heterocycles. The number of nitrogens with zero attached hydrogens (tertiary/aromatic N) is 1. The fourth-order valence-corrected chi connectivity index (χ4v) is 2.98. The van der Waals surface area contributed by atoms with E-state index in [0.29, 0.717) is 12.7 Å². The van der Waals surface area contributed by atoms with Gasteiger partial charge >= 0.3 is 0 Å². The van der Waals surface area contributed by atoms with E-state index >= 15 is 0 Å². The lowest BCUT2D eigenvalue weighted by Gasteiger charge is -2.35. The van der Waals surface area contributed by atoms with Gasteiger partial charge in [0.2, 0.25) is 0 Å². The molecule has 1 N–H and O–H groups in total. The van der Waals surface area contributed by atoms with Crippen molar-refractivity contribution >= 4 is 11.4 Å². The summed E-state index contributed by atoms with van der Waals surface area (Å²) in [7, 11) is 1.66. The molecule has 1 saturated heterocycles. The summed E-state index contributed by atoms with van der Waals surface area (Å²) >= 11 is 0. The van der Waals surface area contributed by atoms with Gasteiger partial charge in [0, 0.05) is 37.2 Å². The Bertz CT molecular complexity index is 488. The molecule has 1 atom stereocenters. The molecule has 22 heavy (non-hydrogen) atoms. The Hall–Kier alpha value is -1.39. The van der Waals surface area contributed by atoms with Crippen LogP contribution in [0.4, 0.5) is 5.69 Å². The molecule has 1 heterocycles. The maximum absolute atomic E-state index is 8.40. The first kappa shape index (κ1) is 17.0. The number of rotatable bonds is 7. The highest BCUT2D eigenvalue weighted by Gasteiger charge is 2.23. The zero-order valence-electron chi connectivity index (χ0n) is 14.0. The molecule has 1 aliphatic rings. The summed E-state index contributed by atoms with van der Waals surface area (Å²) in [5, 5.41) is 8.40. The lowest BCUT2D eigenvalue weighted by Crippen LogP contribution is -2.40. The van der Waals surface area contributed by atoms with E-state index in [0.717, 1.165) is 43.6 Å². The minimum atomic E-state index is 0.209. The summed E-state index contributed by atoms with van der Waals surface area (Å²) in [5.41, 5.74) is 2.95. The second-order valence-electron chi connectivity index (χ2n) is 6.38. The third-order valence-corrected chi connectivity index (χ3v) is 3.98. The van der Waals surface area contributed by atoms with Crippen LogP contribution in [0.25, 0.3) is 0 Å². The van der Waals surface area contributed by atoms with Crippen molar-refractivity contribution in [1.29, 1.82) is 5.41 Å². The van der Waals surface area contributed by atoms with Gasteiger partial charge in [-0.25, -0.2) is 0 Å². The van der Waals surface area contributed by atoms with E-state index in [1.54, 1.807) is 7.11 Å². The van der Waals surface area contributed by atoms with Crippen molar-refractivity contribution in [3.05, 3.63) is 29.8 Å². The highest BCUT2D eigenvalue weighted by Crippen LogP contribution is 2.26. The maximum Gasteiger partial charge on any atom is 0.146 e. The van der Waals surface area contributed by atoms with Crippen LogP contribution < -0.4 is 4.90 Å². The van der Waals surface area contributed by atoms with Crippen LogP contribution in [0.5, 0.6) is 0 Å². The molecule has 1 unspecified atom stereocenters. The lowest BCUT2D eigenvalue weighted by molar-refractivity contribution is -0.0743. The Morgan fingerprint density at radius 3 is 2.86 bits per heavy atom. The number of piperidine rings is 1. The molecule has 1 aromatic rings. The van der Waals surface area contributed by atoms with Crippen LogP contribution in [0.2, 0.25) is 0 Å². The van der Waals surface area contributed by atoms with E-state index < -0.39 is 0 Å². The minimum absolute atomic E-state index is 0.209. The minimum Gasteiger partial charge on any atom is -0.368 e. The lowest BCUT2D eigenvalue weighted by atomic mass is 9.97. The zero-order valence-corrected chi connectivity index (χ0v) is 14.0. The van der Waals surface area contributed by atoms with Crippen LogP contribution in [0.1, 0.15) is 38.7 Å². The number of benzene rings is 1. The highest BCUT2D eigenvalue weighted by atomic mass is 16.7. The SMILES string of the molecule is COCOC1CCCN(c2ccccc2C(=N)CC(C)C)C1. The Morgan fingerprint density at radius 1 is 1.36 bits per heavy atom. The van der Waals surface area contributed by atoms with Gasteiger partial charge in [-0.1, -0.05) is 32.0 Å². The van der Waals surface area contributed by atoms with Crippen molar-refractivity contribution in [1.82, 2.24) is 0 Å². The number of hydrogen-bond acceptors (Lipinski definition) is 4. The maximum atomic E-state index is 8.40. The monoisotopic (exact) mass is 304 g/mol. The molecule has 1 fully saturated rings. The van der Waals surface area contributed by atoms with Crippen LogP contribution in [0.3, 0.4) is 0 Å². The van der Waals surface area contributed by atoms with Crippen molar-refractivity contribution < 1.29 is 9.47 Å². The van der Waals surface area contributed by atoms with E-state index in [1.807, 2.05) is 6.07 Å². The van der Waals surface area contributed by atoms with Gasteiger partial charge in [0.05, 0.1) is 6.10 Å². The fourth-order valence-electron chi connectivity index (χ4n) is 2.98. The van der Waals surface area contributed by atoms with Crippen molar-refractivity contribution in [3.8, 4) is 0 Å². The first-order chi connectivity index (χ1) is 10.6. The molecule has 0 saturated carbocycles. The third kappa shape index (κ3) is 4.55. The average molecular weight is 304 g/mol. The second-order valence-corrected chi connectivity index (χ2v) is 6.38. The molecule has 0 amide bonds. The van der Waals surface area contributed by atoms with Crippen molar-refractivity contribution in [2.45, 2.75) is 39.2 Å². The van der Waals surface area contributed by atoms with E-state index in [4.69, 9.17) is 14.9 Å². The molecule has 0 aliphatic carbocycles. The molecule has 4 heteroatoms. The van der Waals surface area contributed by atoms with Gasteiger partial charge in [0.15, 0.2) is 0 Å². The van der Waals surface area contributed by atoms with Crippen LogP contribution in [0.15, 0.2) is 24.3 Å². The van der Waals surface area contributed by atoms with Crippen molar-refractivity contribution in [2.75, 3.05) is 31.9 Å². The smallest absolute Gasteiger partial charge is 0.146 e. The van der Waals surface area contributed by atoms with Gasteiger partial charge in [0.1, 0.15) is 6.79 Å². The average Bonchev–Trinajstić information content (AvgIpc) is 2.52. The number of nitrogens with one attached hydrogen (secondary N) is 1. The molecule has 4 nitrogen and oxygen atoms in total. The van der Waals surface area contributed by atoms with Gasteiger partial charge < -0.3 is 19.8 Å². The number of methoxy groups -OCH3 is 1. The molecular formula is C18H28N2O2. The summed E-state index contributed by atoms with van der Waals surface area (Å²) in [6.07, 6.45) is 3.21. The van der Waals surface area contributed by atoms with Gasteiger partial charge in [0.25, 0.3) is 0 Å². The normalized spacial score (nSPS) is 18.7. The van der Waals surface area contributed by atoms with Crippen molar-refractivity contribution in [3.63, 3.8) is 0 Å². The predicted octanol–water partition coefficient (Wildman–Crippen LogP) is 3.69. The highest BCUT2D eigenvalue weighted by molar-refractivity contribution is 6.03. The molecule has 0 aromatic heterocycles. The molecule has 122 valence electrons. The predicted molar refractivity (Wildman–Crippen MR) is 90.9 cm³/mol.